The summed E-state index contributed by atoms with van der Waals surface area (Å²) < 4.78 is 1.89. The number of aryl methyl sites for hydroxylation is 1. The van der Waals surface area contributed by atoms with E-state index in [-0.39, 0.29) is 10.6 Å². The first-order valence-corrected chi connectivity index (χ1v) is 6.50. The number of non-ortho nitro benzene ring substituents is 1. The second-order valence-corrected chi connectivity index (χ2v) is 4.98. The van der Waals surface area contributed by atoms with Crippen molar-refractivity contribution in [2.75, 3.05) is 5.32 Å². The van der Waals surface area contributed by atoms with Gasteiger partial charge in [0.15, 0.2) is 0 Å². The van der Waals surface area contributed by atoms with E-state index in [0.717, 1.165) is 16.9 Å². The third kappa shape index (κ3) is 3.14. The Hall–Kier alpha value is -2.37. The molecule has 2 rings (SSSR count). The third-order valence-corrected chi connectivity index (χ3v) is 3.05. The molecular formula is C14H18N4O2. The Kier molecular flexibility index (Phi) is 4.02. The monoisotopic (exact) mass is 274 g/mol. The molecule has 0 aliphatic carbocycles. The van der Waals surface area contributed by atoms with E-state index in [1.807, 2.05) is 23.9 Å². The van der Waals surface area contributed by atoms with Crippen LogP contribution in [0.4, 0.5) is 11.4 Å². The van der Waals surface area contributed by atoms with E-state index in [0.29, 0.717) is 12.6 Å². The smallest absolute Gasteiger partial charge is 0.269 e. The van der Waals surface area contributed by atoms with Crippen molar-refractivity contribution in [2.24, 2.45) is 0 Å². The van der Waals surface area contributed by atoms with Crippen LogP contribution in [-0.2, 0) is 6.54 Å². The molecule has 1 N–H and O–H groups in total. The maximum atomic E-state index is 10.7. The molecule has 6 heteroatoms. The van der Waals surface area contributed by atoms with Crippen LogP contribution in [0.2, 0.25) is 0 Å². The molecule has 0 unspecified atom stereocenters. The molecular weight excluding hydrogens is 256 g/mol. The number of hydrogen-bond acceptors (Lipinski definition) is 4. The zero-order valence-corrected chi connectivity index (χ0v) is 11.8. The average molecular weight is 274 g/mol. The molecule has 0 aliphatic heterocycles. The maximum Gasteiger partial charge on any atom is 0.269 e. The minimum Gasteiger partial charge on any atom is -0.378 e. The Bertz CT molecular complexity index is 619. The number of benzene rings is 1. The minimum absolute atomic E-state index is 0.110. The highest BCUT2D eigenvalue weighted by Gasteiger charge is 2.08. The quantitative estimate of drug-likeness (QED) is 0.670. The first-order valence-electron chi connectivity index (χ1n) is 6.50. The zero-order chi connectivity index (χ0) is 14.7. The standard InChI is InChI=1S/C14H18N4O2/c1-10(2)17-9-14(11(3)16-17)15-8-12-5-4-6-13(7-12)18(19)20/h4-7,9-10,15H,8H2,1-3H3. The molecule has 0 bridgehead atoms. The predicted octanol–water partition coefficient (Wildman–Crippen LogP) is 3.29. The molecule has 0 fully saturated rings. The number of nitro groups is 1. The number of nitrogens with zero attached hydrogens (tertiary/aromatic N) is 3. The van der Waals surface area contributed by atoms with Crippen molar-refractivity contribution in [2.45, 2.75) is 33.4 Å². The van der Waals surface area contributed by atoms with E-state index in [4.69, 9.17) is 0 Å². The van der Waals surface area contributed by atoms with Crippen molar-refractivity contribution >= 4 is 11.4 Å². The van der Waals surface area contributed by atoms with Gasteiger partial charge in [-0.2, -0.15) is 5.10 Å². The lowest BCUT2D eigenvalue weighted by atomic mass is 10.2. The van der Waals surface area contributed by atoms with Crippen molar-refractivity contribution in [3.8, 4) is 0 Å². The molecule has 0 aliphatic rings. The third-order valence-electron chi connectivity index (χ3n) is 3.05. The SMILES string of the molecule is Cc1nn(C(C)C)cc1NCc1cccc([N+](=O)[O-])c1. The van der Waals surface area contributed by atoms with Crippen LogP contribution >= 0.6 is 0 Å². The maximum absolute atomic E-state index is 10.7. The Balaban J connectivity index is 2.09. The van der Waals surface area contributed by atoms with Crippen molar-refractivity contribution < 1.29 is 4.92 Å². The van der Waals surface area contributed by atoms with Crippen LogP contribution in [0.1, 0.15) is 31.1 Å². The van der Waals surface area contributed by atoms with E-state index in [1.165, 1.54) is 6.07 Å². The van der Waals surface area contributed by atoms with Gasteiger partial charge in [-0.05, 0) is 26.3 Å². The van der Waals surface area contributed by atoms with Crippen LogP contribution in [0.5, 0.6) is 0 Å². The number of nitrogens with one attached hydrogen (secondary N) is 1. The zero-order valence-electron chi connectivity index (χ0n) is 11.8. The fraction of sp³-hybridized carbons (Fsp3) is 0.357. The summed E-state index contributed by atoms with van der Waals surface area (Å²) in [6.07, 6.45) is 1.96. The van der Waals surface area contributed by atoms with Crippen molar-refractivity contribution in [3.63, 3.8) is 0 Å². The lowest BCUT2D eigenvalue weighted by Gasteiger charge is -2.05. The van der Waals surface area contributed by atoms with Crippen LogP contribution in [-0.4, -0.2) is 14.7 Å². The molecule has 0 atom stereocenters. The summed E-state index contributed by atoms with van der Waals surface area (Å²) in [5.41, 5.74) is 2.85. The van der Waals surface area contributed by atoms with Gasteiger partial charge >= 0.3 is 0 Å². The fourth-order valence-electron chi connectivity index (χ4n) is 1.90. The van der Waals surface area contributed by atoms with Crippen LogP contribution in [0, 0.1) is 17.0 Å². The summed E-state index contributed by atoms with van der Waals surface area (Å²) in [5.74, 6) is 0. The molecule has 2 aromatic rings. The van der Waals surface area contributed by atoms with Gasteiger partial charge in [0.1, 0.15) is 0 Å². The summed E-state index contributed by atoms with van der Waals surface area (Å²) in [6.45, 7) is 6.61. The molecule has 106 valence electrons. The Morgan fingerprint density at radius 1 is 1.45 bits per heavy atom. The normalized spacial score (nSPS) is 10.8. The summed E-state index contributed by atoms with van der Waals surface area (Å²) in [5, 5.41) is 18.4. The highest BCUT2D eigenvalue weighted by molar-refractivity contribution is 5.47. The number of rotatable bonds is 5. The Morgan fingerprint density at radius 3 is 2.80 bits per heavy atom. The van der Waals surface area contributed by atoms with E-state index >= 15 is 0 Å². The summed E-state index contributed by atoms with van der Waals surface area (Å²) in [6, 6.07) is 6.93. The first kappa shape index (κ1) is 14.0. The fourth-order valence-corrected chi connectivity index (χ4v) is 1.90. The summed E-state index contributed by atoms with van der Waals surface area (Å²) in [4.78, 5) is 10.3. The predicted molar refractivity (Wildman–Crippen MR) is 77.8 cm³/mol. The summed E-state index contributed by atoms with van der Waals surface area (Å²) in [7, 11) is 0. The average Bonchev–Trinajstić information content (AvgIpc) is 2.78. The van der Waals surface area contributed by atoms with Gasteiger partial charge < -0.3 is 5.32 Å². The van der Waals surface area contributed by atoms with Crippen LogP contribution in [0.15, 0.2) is 30.5 Å². The Labute approximate surface area is 117 Å². The molecule has 6 nitrogen and oxygen atoms in total. The van der Waals surface area contributed by atoms with Crippen molar-refractivity contribution in [3.05, 3.63) is 51.8 Å². The van der Waals surface area contributed by atoms with E-state index in [2.05, 4.69) is 24.3 Å². The molecule has 0 saturated carbocycles. The largest absolute Gasteiger partial charge is 0.378 e. The van der Waals surface area contributed by atoms with Crippen LogP contribution in [0.25, 0.3) is 0 Å². The molecule has 1 heterocycles. The molecule has 0 saturated heterocycles. The van der Waals surface area contributed by atoms with E-state index < -0.39 is 0 Å². The van der Waals surface area contributed by atoms with Crippen molar-refractivity contribution in [1.29, 1.82) is 0 Å². The van der Waals surface area contributed by atoms with Gasteiger partial charge in [-0.25, -0.2) is 0 Å². The lowest BCUT2D eigenvalue weighted by Crippen LogP contribution is -2.01. The molecule has 0 amide bonds. The van der Waals surface area contributed by atoms with Gasteiger partial charge in [0.05, 0.1) is 16.3 Å². The van der Waals surface area contributed by atoms with Gasteiger partial charge in [-0.3, -0.25) is 14.8 Å². The van der Waals surface area contributed by atoms with Crippen LogP contribution in [0.3, 0.4) is 0 Å². The topological polar surface area (TPSA) is 73.0 Å². The molecule has 0 spiro atoms. The highest BCUT2D eigenvalue weighted by Crippen LogP contribution is 2.18. The molecule has 1 aromatic carbocycles. The number of anilines is 1. The molecule has 0 radical (unpaired) electrons. The second-order valence-electron chi connectivity index (χ2n) is 4.98. The Morgan fingerprint density at radius 2 is 2.20 bits per heavy atom. The highest BCUT2D eigenvalue weighted by atomic mass is 16.6. The van der Waals surface area contributed by atoms with Gasteiger partial charge in [0, 0.05) is 30.9 Å². The second kappa shape index (κ2) is 5.73. The molecule has 1 aromatic heterocycles. The number of aromatic nitrogens is 2. The van der Waals surface area contributed by atoms with Crippen molar-refractivity contribution in [1.82, 2.24) is 9.78 Å². The van der Waals surface area contributed by atoms with Gasteiger partial charge in [0.25, 0.3) is 5.69 Å². The molecule has 20 heavy (non-hydrogen) atoms. The van der Waals surface area contributed by atoms with Gasteiger partial charge in [-0.15, -0.1) is 0 Å². The van der Waals surface area contributed by atoms with Gasteiger partial charge in [0.2, 0.25) is 0 Å². The van der Waals surface area contributed by atoms with E-state index in [1.54, 1.807) is 12.1 Å². The lowest BCUT2D eigenvalue weighted by molar-refractivity contribution is -0.384. The van der Waals surface area contributed by atoms with E-state index in [9.17, 15) is 10.1 Å². The number of nitro benzene ring substituents is 1. The number of hydrogen-bond donors (Lipinski definition) is 1. The first-order chi connectivity index (χ1) is 9.47. The van der Waals surface area contributed by atoms with Crippen LogP contribution < -0.4 is 5.32 Å². The summed E-state index contributed by atoms with van der Waals surface area (Å²) >= 11 is 0. The minimum atomic E-state index is -0.383. The van der Waals surface area contributed by atoms with Gasteiger partial charge in [-0.1, -0.05) is 12.1 Å².